The molecule has 2 heteroatoms. The van der Waals surface area contributed by atoms with Gasteiger partial charge < -0.3 is 0 Å². The van der Waals surface area contributed by atoms with E-state index in [1.165, 1.54) is 8.85 Å². The van der Waals surface area contributed by atoms with E-state index < -0.39 is 0 Å². The first-order valence-corrected chi connectivity index (χ1v) is 5.50. The van der Waals surface area contributed by atoms with Crippen LogP contribution in [0.4, 0.5) is 0 Å². The molecule has 0 aliphatic rings. The summed E-state index contributed by atoms with van der Waals surface area (Å²) in [5, 5.41) is 0. The molecule has 2 aromatic rings. The summed E-state index contributed by atoms with van der Waals surface area (Å²) in [5.74, 6) is 0. The Morgan fingerprint density at radius 2 is 0.929 bits per heavy atom. The summed E-state index contributed by atoms with van der Waals surface area (Å²) in [7, 11) is 0. The summed E-state index contributed by atoms with van der Waals surface area (Å²) in [6.45, 7) is 0. The predicted octanol–water partition coefficient (Wildman–Crippen LogP) is 2.34. The third kappa shape index (κ3) is 3.45. The molecule has 0 heterocycles. The van der Waals surface area contributed by atoms with E-state index in [0.29, 0.717) is 15.2 Å². The molecular weight excluding hydrogens is 323 g/mol. The van der Waals surface area contributed by atoms with Gasteiger partial charge in [0, 0.05) is 0 Å². The number of hydrogen-bond acceptors (Lipinski definition) is 0. The van der Waals surface area contributed by atoms with Crippen molar-refractivity contribution in [3.05, 3.63) is 60.7 Å². The van der Waals surface area contributed by atoms with Crippen molar-refractivity contribution in [3.8, 4) is 0 Å². The second-order valence-electron chi connectivity index (χ2n) is 2.73. The van der Waals surface area contributed by atoms with Gasteiger partial charge in [-0.1, -0.05) is 0 Å². The van der Waals surface area contributed by atoms with Gasteiger partial charge in [-0.05, 0) is 0 Å². The molecule has 0 amide bonds. The van der Waals surface area contributed by atoms with Crippen LogP contribution in [-0.2, 0) is 15.2 Å². The molecule has 72 valence electrons. The first kappa shape index (κ1) is 11.8. The second-order valence-corrected chi connectivity index (χ2v) is 4.52. The van der Waals surface area contributed by atoms with Crippen molar-refractivity contribution in [2.24, 2.45) is 0 Å². The van der Waals surface area contributed by atoms with E-state index in [9.17, 15) is 0 Å². The Hall–Kier alpha value is -0.298. The second kappa shape index (κ2) is 6.24. The first-order valence-electron chi connectivity index (χ1n) is 4.23. The van der Waals surface area contributed by atoms with Crippen molar-refractivity contribution < 1.29 is 15.2 Å². The van der Waals surface area contributed by atoms with Crippen LogP contribution in [0, 0.1) is 0 Å². The molecule has 0 N–H and O–H groups in total. The molecule has 0 radical (unpaired) electrons. The molecule has 14 heavy (non-hydrogen) atoms. The van der Waals surface area contributed by atoms with Gasteiger partial charge >= 0.3 is 84.7 Å². The molecular formula is C12H11CrI. The third-order valence-electron chi connectivity index (χ3n) is 1.72. The maximum atomic E-state index is 2.19. The van der Waals surface area contributed by atoms with E-state index in [1.54, 1.807) is 0 Å². The average Bonchev–Trinajstić information content (AvgIpc) is 2.21. The van der Waals surface area contributed by atoms with Crippen LogP contribution < -0.4 is 8.85 Å². The van der Waals surface area contributed by atoms with Crippen LogP contribution in [0.15, 0.2) is 60.7 Å². The molecule has 0 saturated carbocycles. The molecule has 0 bridgehead atoms. The van der Waals surface area contributed by atoms with Crippen molar-refractivity contribution in [2.45, 2.75) is 0 Å². The summed E-state index contributed by atoms with van der Waals surface area (Å²) in [6.07, 6.45) is 0. The molecule has 0 nitrogen and oxygen atoms in total. The normalized spacial score (nSPS) is 9.14. The van der Waals surface area contributed by atoms with Gasteiger partial charge in [-0.2, -0.15) is 0 Å². The van der Waals surface area contributed by atoms with Crippen LogP contribution in [0.25, 0.3) is 0 Å². The van der Waals surface area contributed by atoms with Gasteiger partial charge in [0.2, 0.25) is 0 Å². The number of hydrogen-bond donors (Lipinski definition) is 0. The summed E-state index contributed by atoms with van der Waals surface area (Å²) >= 11 is 0.461. The molecule has 0 atom stereocenters. The van der Waals surface area contributed by atoms with Gasteiger partial charge in [0.1, 0.15) is 0 Å². The van der Waals surface area contributed by atoms with Crippen LogP contribution in [0.3, 0.4) is 0 Å². The summed E-state index contributed by atoms with van der Waals surface area (Å²) in [5.41, 5.74) is 0. The average molecular weight is 334 g/mol. The molecule has 2 rings (SSSR count). The fourth-order valence-electron chi connectivity index (χ4n) is 1.11. The first-order chi connectivity index (χ1) is 6.45. The fourth-order valence-corrected chi connectivity index (χ4v) is 2.45. The third-order valence-corrected chi connectivity index (χ3v) is 3.31. The van der Waals surface area contributed by atoms with Gasteiger partial charge in [-0.25, -0.2) is 0 Å². The van der Waals surface area contributed by atoms with Gasteiger partial charge in [0.25, 0.3) is 0 Å². The maximum absolute atomic E-state index is 2.19. The van der Waals surface area contributed by atoms with Gasteiger partial charge in [0.05, 0.1) is 0 Å². The Balaban J connectivity index is 0.000000980. The Labute approximate surface area is 108 Å². The van der Waals surface area contributed by atoms with Crippen molar-refractivity contribution in [1.82, 2.24) is 0 Å². The van der Waals surface area contributed by atoms with Crippen LogP contribution in [0.1, 0.15) is 0 Å². The summed E-state index contributed by atoms with van der Waals surface area (Å²) in [4.78, 5) is 0. The fraction of sp³-hybridized carbons (Fsp3) is 0. The van der Waals surface area contributed by atoms with Crippen LogP contribution in [0.2, 0.25) is 0 Å². The molecule has 0 fully saturated rings. The Morgan fingerprint density at radius 1 is 0.571 bits per heavy atom. The minimum atomic E-state index is 0. The monoisotopic (exact) mass is 334 g/mol. The van der Waals surface area contributed by atoms with Gasteiger partial charge in [0.15, 0.2) is 0 Å². The zero-order valence-corrected chi connectivity index (χ0v) is 11.2. The van der Waals surface area contributed by atoms with Crippen molar-refractivity contribution in [1.29, 1.82) is 0 Å². The standard InChI is InChI=1S/2C6H5.Cr.HI/c2*1-2-4-6-5-3-1;;/h2*1-5H;;1H. The van der Waals surface area contributed by atoms with Crippen LogP contribution in [0.5, 0.6) is 0 Å². The van der Waals surface area contributed by atoms with Gasteiger partial charge in [-0.3, -0.25) is 0 Å². The van der Waals surface area contributed by atoms with Crippen LogP contribution in [-0.4, -0.2) is 0 Å². The molecule has 0 spiro atoms. The Morgan fingerprint density at radius 3 is 1.29 bits per heavy atom. The predicted molar refractivity (Wildman–Crippen MR) is 67.6 cm³/mol. The zero-order chi connectivity index (χ0) is 8.93. The van der Waals surface area contributed by atoms with Crippen molar-refractivity contribution >= 4 is 32.8 Å². The minimum absolute atomic E-state index is 0. The molecule has 0 aromatic heterocycles. The molecule has 0 aliphatic heterocycles. The van der Waals surface area contributed by atoms with E-state index in [4.69, 9.17) is 0 Å². The molecule has 0 aliphatic carbocycles. The topological polar surface area (TPSA) is 0 Å². The molecule has 0 saturated heterocycles. The Kier molecular flexibility index (Phi) is 5.24. The Bertz CT molecular complexity index is 321. The SMILES string of the molecule is I.c1cc[c]([Cr][c]2ccccc2)cc1. The number of halogens is 1. The summed E-state index contributed by atoms with van der Waals surface area (Å²) < 4.78 is 2.86. The molecule has 2 aromatic carbocycles. The van der Waals surface area contributed by atoms with E-state index in [-0.39, 0.29) is 24.0 Å². The van der Waals surface area contributed by atoms with Crippen molar-refractivity contribution in [3.63, 3.8) is 0 Å². The van der Waals surface area contributed by atoms with Crippen molar-refractivity contribution in [2.75, 3.05) is 0 Å². The quantitative estimate of drug-likeness (QED) is 0.740. The molecule has 0 unspecified atom stereocenters. The summed E-state index contributed by atoms with van der Waals surface area (Å²) in [6, 6.07) is 21.3. The zero-order valence-electron chi connectivity index (χ0n) is 7.59. The number of rotatable bonds is 2. The van der Waals surface area contributed by atoms with Crippen LogP contribution >= 0.6 is 24.0 Å². The van der Waals surface area contributed by atoms with E-state index >= 15 is 0 Å². The van der Waals surface area contributed by atoms with E-state index in [0.717, 1.165) is 0 Å². The number of benzene rings is 2. The van der Waals surface area contributed by atoms with Gasteiger partial charge in [-0.15, -0.1) is 24.0 Å². The van der Waals surface area contributed by atoms with E-state index in [1.807, 2.05) is 0 Å². The van der Waals surface area contributed by atoms with E-state index in [2.05, 4.69) is 60.7 Å².